The number of aromatic hydroxyl groups is 2. The van der Waals surface area contributed by atoms with E-state index in [4.69, 9.17) is 21.1 Å². The highest BCUT2D eigenvalue weighted by Crippen LogP contribution is 2.34. The normalized spacial score (nSPS) is 14.7. The van der Waals surface area contributed by atoms with Crippen molar-refractivity contribution in [3.8, 4) is 23.0 Å². The molecule has 0 saturated carbocycles. The summed E-state index contributed by atoms with van der Waals surface area (Å²) in [5, 5.41) is 22.9. The molecule has 0 radical (unpaired) electrons. The summed E-state index contributed by atoms with van der Waals surface area (Å²) in [6.07, 6.45) is 0.306. The third kappa shape index (κ3) is 4.97. The van der Waals surface area contributed by atoms with Crippen molar-refractivity contribution in [1.29, 1.82) is 0 Å². The number of phenolic OH excluding ortho intramolecular Hbond substituents is 2. The molecule has 1 heterocycles. The number of phenols is 2. The first-order valence-electron chi connectivity index (χ1n) is 10.9. The number of methoxy groups -OCH3 is 2. The van der Waals surface area contributed by atoms with Crippen molar-refractivity contribution < 1.29 is 29.3 Å². The standard InChI is InChI=1S/C26H25ClN2O6/c1-34-18-8-7-16(24(10-18)35-2)13-28-25(32)21-9-15-5-3-4-6-17(15)14-29(21)26(33)19-11-20(27)23(31)12-22(19)30/h3-8,10-12,21,30-31H,9,13-14H2,1-2H3,(H,28,32)/t21-/m1/s1. The number of fused-ring (bicyclic) bond motifs is 1. The number of benzene rings is 3. The zero-order chi connectivity index (χ0) is 25.1. The van der Waals surface area contributed by atoms with Crippen molar-refractivity contribution in [2.75, 3.05) is 14.2 Å². The largest absolute Gasteiger partial charge is 0.507 e. The summed E-state index contributed by atoms with van der Waals surface area (Å²) >= 11 is 5.98. The first-order valence-corrected chi connectivity index (χ1v) is 11.3. The van der Waals surface area contributed by atoms with Crippen LogP contribution in [0.3, 0.4) is 0 Å². The van der Waals surface area contributed by atoms with Crippen LogP contribution in [0, 0.1) is 0 Å². The molecule has 182 valence electrons. The van der Waals surface area contributed by atoms with E-state index >= 15 is 0 Å². The fourth-order valence-corrected chi connectivity index (χ4v) is 4.31. The van der Waals surface area contributed by atoms with Gasteiger partial charge in [-0.3, -0.25) is 9.59 Å². The number of amides is 2. The Kier molecular flexibility index (Phi) is 7.02. The van der Waals surface area contributed by atoms with Crippen molar-refractivity contribution >= 4 is 23.4 Å². The minimum absolute atomic E-state index is 0.0730. The first kappa shape index (κ1) is 24.2. The van der Waals surface area contributed by atoms with Crippen molar-refractivity contribution in [3.05, 3.63) is 81.9 Å². The van der Waals surface area contributed by atoms with Crippen LogP contribution in [-0.2, 0) is 24.3 Å². The average Bonchev–Trinajstić information content (AvgIpc) is 2.88. The molecule has 1 aliphatic heterocycles. The van der Waals surface area contributed by atoms with E-state index < -0.39 is 17.7 Å². The molecule has 3 aromatic carbocycles. The van der Waals surface area contributed by atoms with Crippen LogP contribution in [0.4, 0.5) is 0 Å². The Morgan fingerprint density at radius 3 is 2.49 bits per heavy atom. The fourth-order valence-electron chi connectivity index (χ4n) is 4.15. The van der Waals surface area contributed by atoms with Crippen LogP contribution >= 0.6 is 11.6 Å². The number of hydrogen-bond donors (Lipinski definition) is 3. The van der Waals surface area contributed by atoms with Crippen LogP contribution < -0.4 is 14.8 Å². The van der Waals surface area contributed by atoms with Gasteiger partial charge in [0.25, 0.3) is 5.91 Å². The Labute approximate surface area is 207 Å². The Bertz CT molecular complexity index is 1280. The van der Waals surface area contributed by atoms with Crippen LogP contribution in [0.25, 0.3) is 0 Å². The number of ether oxygens (including phenoxy) is 2. The lowest BCUT2D eigenvalue weighted by molar-refractivity contribution is -0.126. The molecule has 0 fully saturated rings. The topological polar surface area (TPSA) is 108 Å². The van der Waals surface area contributed by atoms with E-state index in [-0.39, 0.29) is 35.3 Å². The van der Waals surface area contributed by atoms with Crippen LogP contribution in [-0.4, -0.2) is 47.2 Å². The maximum absolute atomic E-state index is 13.5. The highest BCUT2D eigenvalue weighted by molar-refractivity contribution is 6.32. The summed E-state index contributed by atoms with van der Waals surface area (Å²) in [6, 6.07) is 14.3. The summed E-state index contributed by atoms with van der Waals surface area (Å²) in [5.41, 5.74) is 2.53. The summed E-state index contributed by atoms with van der Waals surface area (Å²) < 4.78 is 10.6. The van der Waals surface area contributed by atoms with Gasteiger partial charge in [0.05, 0.1) is 24.8 Å². The average molecular weight is 497 g/mol. The van der Waals surface area contributed by atoms with Gasteiger partial charge in [0, 0.05) is 37.2 Å². The van der Waals surface area contributed by atoms with Crippen LogP contribution in [0.15, 0.2) is 54.6 Å². The highest BCUT2D eigenvalue weighted by atomic mass is 35.5. The molecule has 0 unspecified atom stereocenters. The monoisotopic (exact) mass is 496 g/mol. The molecular weight excluding hydrogens is 472 g/mol. The van der Waals surface area contributed by atoms with Gasteiger partial charge >= 0.3 is 0 Å². The Balaban J connectivity index is 1.61. The number of rotatable bonds is 6. The van der Waals surface area contributed by atoms with E-state index in [9.17, 15) is 19.8 Å². The molecule has 4 rings (SSSR count). The third-order valence-corrected chi connectivity index (χ3v) is 6.36. The minimum Gasteiger partial charge on any atom is -0.507 e. The predicted molar refractivity (Wildman–Crippen MR) is 130 cm³/mol. The maximum atomic E-state index is 13.5. The maximum Gasteiger partial charge on any atom is 0.258 e. The molecule has 1 atom stereocenters. The molecule has 3 N–H and O–H groups in total. The van der Waals surface area contributed by atoms with Crippen LogP contribution in [0.5, 0.6) is 23.0 Å². The summed E-state index contributed by atoms with van der Waals surface area (Å²) in [7, 11) is 3.09. The quantitative estimate of drug-likeness (QED) is 0.480. The predicted octanol–water partition coefficient (Wildman–Crippen LogP) is 3.65. The first-order chi connectivity index (χ1) is 16.8. The Hall–Kier alpha value is -3.91. The zero-order valence-electron chi connectivity index (χ0n) is 19.2. The van der Waals surface area contributed by atoms with Crippen molar-refractivity contribution in [3.63, 3.8) is 0 Å². The second-order valence-corrected chi connectivity index (χ2v) is 8.55. The van der Waals surface area contributed by atoms with Gasteiger partial charge in [0.15, 0.2) is 0 Å². The van der Waals surface area contributed by atoms with E-state index in [1.165, 1.54) is 18.1 Å². The number of nitrogens with zero attached hydrogens (tertiary/aromatic N) is 1. The molecule has 2 amide bonds. The molecule has 1 aliphatic rings. The molecule has 3 aromatic rings. The number of carbonyl (C=O) groups excluding carboxylic acids is 2. The lowest BCUT2D eigenvalue weighted by Crippen LogP contribution is -2.52. The molecular formula is C26H25ClN2O6. The van der Waals surface area contributed by atoms with Crippen molar-refractivity contribution in [2.45, 2.75) is 25.6 Å². The van der Waals surface area contributed by atoms with E-state index in [0.717, 1.165) is 22.8 Å². The summed E-state index contributed by atoms with van der Waals surface area (Å²) in [6.45, 7) is 0.360. The van der Waals surface area contributed by atoms with Gasteiger partial charge in [-0.2, -0.15) is 0 Å². The lowest BCUT2D eigenvalue weighted by Gasteiger charge is -2.36. The fraction of sp³-hybridized carbons (Fsp3) is 0.231. The highest BCUT2D eigenvalue weighted by Gasteiger charge is 2.36. The van der Waals surface area contributed by atoms with Gasteiger partial charge in [-0.05, 0) is 29.3 Å². The van der Waals surface area contributed by atoms with Gasteiger partial charge in [-0.25, -0.2) is 0 Å². The molecule has 35 heavy (non-hydrogen) atoms. The molecule has 8 nitrogen and oxygen atoms in total. The van der Waals surface area contributed by atoms with Gasteiger partial charge < -0.3 is 29.9 Å². The molecule has 0 bridgehead atoms. The molecule has 0 spiro atoms. The van der Waals surface area contributed by atoms with Crippen LogP contribution in [0.2, 0.25) is 5.02 Å². The second kappa shape index (κ2) is 10.1. The van der Waals surface area contributed by atoms with Gasteiger partial charge in [0.2, 0.25) is 5.91 Å². The van der Waals surface area contributed by atoms with Gasteiger partial charge in [-0.1, -0.05) is 35.9 Å². The second-order valence-electron chi connectivity index (χ2n) is 8.14. The molecule has 0 aromatic heterocycles. The minimum atomic E-state index is -0.825. The Morgan fingerprint density at radius 1 is 1.03 bits per heavy atom. The Morgan fingerprint density at radius 2 is 1.77 bits per heavy atom. The van der Waals surface area contributed by atoms with Gasteiger partial charge in [0.1, 0.15) is 29.0 Å². The van der Waals surface area contributed by atoms with Crippen molar-refractivity contribution in [1.82, 2.24) is 10.2 Å². The lowest BCUT2D eigenvalue weighted by atomic mass is 9.92. The molecule has 9 heteroatoms. The molecule has 0 aliphatic carbocycles. The number of nitrogens with one attached hydrogen (secondary N) is 1. The van der Waals surface area contributed by atoms with Crippen LogP contribution in [0.1, 0.15) is 27.0 Å². The number of hydrogen-bond acceptors (Lipinski definition) is 6. The summed E-state index contributed by atoms with van der Waals surface area (Å²) in [4.78, 5) is 28.2. The third-order valence-electron chi connectivity index (χ3n) is 6.05. The summed E-state index contributed by atoms with van der Waals surface area (Å²) in [5.74, 6) is -0.485. The van der Waals surface area contributed by atoms with E-state index in [1.54, 1.807) is 25.3 Å². The van der Waals surface area contributed by atoms with Gasteiger partial charge in [-0.15, -0.1) is 0 Å². The van der Waals surface area contributed by atoms with E-state index in [2.05, 4.69) is 5.32 Å². The van der Waals surface area contributed by atoms with Crippen molar-refractivity contribution in [2.24, 2.45) is 0 Å². The van der Waals surface area contributed by atoms with E-state index in [0.29, 0.717) is 17.9 Å². The number of carbonyl (C=O) groups is 2. The smallest absolute Gasteiger partial charge is 0.258 e. The molecule has 0 saturated heterocycles. The SMILES string of the molecule is COc1ccc(CNC(=O)[C@H]2Cc3ccccc3CN2C(=O)c2cc(Cl)c(O)cc2O)c(OC)c1. The van der Waals surface area contributed by atoms with E-state index in [1.807, 2.05) is 24.3 Å². The number of halogens is 1. The zero-order valence-corrected chi connectivity index (χ0v) is 20.0.